The first-order valence-electron chi connectivity index (χ1n) is 9.06. The normalized spacial score (nSPS) is 12.3. The van der Waals surface area contributed by atoms with E-state index in [2.05, 4.69) is 14.8 Å². The Labute approximate surface area is 185 Å². The van der Waals surface area contributed by atoms with E-state index in [-0.39, 0.29) is 5.69 Å². The summed E-state index contributed by atoms with van der Waals surface area (Å²) in [6.07, 6.45) is -1.47. The maximum atomic E-state index is 12.8. The van der Waals surface area contributed by atoms with Crippen LogP contribution in [0.1, 0.15) is 11.1 Å². The van der Waals surface area contributed by atoms with Crippen LogP contribution in [0.15, 0.2) is 59.8 Å². The molecule has 0 saturated carbocycles. The predicted molar refractivity (Wildman–Crippen MR) is 115 cm³/mol. The van der Waals surface area contributed by atoms with Gasteiger partial charge in [-0.25, -0.2) is 13.4 Å². The molecule has 2 heterocycles. The first-order chi connectivity index (χ1) is 15.0. The van der Waals surface area contributed by atoms with E-state index in [1.807, 2.05) is 0 Å². The Balaban J connectivity index is 1.65. The van der Waals surface area contributed by atoms with E-state index in [0.29, 0.717) is 40.3 Å². The second kappa shape index (κ2) is 7.68. The van der Waals surface area contributed by atoms with Gasteiger partial charge in [-0.3, -0.25) is 4.72 Å². The van der Waals surface area contributed by atoms with Gasteiger partial charge in [0.2, 0.25) is 0 Å². The largest absolute Gasteiger partial charge is 0.416 e. The van der Waals surface area contributed by atoms with Crippen molar-refractivity contribution in [2.45, 2.75) is 18.0 Å². The summed E-state index contributed by atoms with van der Waals surface area (Å²) in [6.45, 7) is 1.75. The number of nitrogen functional groups attached to an aromatic ring is 1. The zero-order valence-electron chi connectivity index (χ0n) is 16.4. The monoisotopic (exact) mass is 481 g/mol. The van der Waals surface area contributed by atoms with Gasteiger partial charge < -0.3 is 5.73 Å². The number of anilines is 2. The van der Waals surface area contributed by atoms with Gasteiger partial charge in [-0.05, 0) is 48.4 Å². The number of alkyl halides is 3. The number of rotatable bonds is 4. The van der Waals surface area contributed by atoms with Gasteiger partial charge in [0, 0.05) is 23.5 Å². The first kappa shape index (κ1) is 21.9. The number of nitrogens with two attached hydrogens (primary N) is 1. The fourth-order valence-corrected chi connectivity index (χ4v) is 4.83. The predicted octanol–water partition coefficient (Wildman–Crippen LogP) is 4.76. The molecule has 2 aromatic carbocycles. The smallest absolute Gasteiger partial charge is 0.383 e. The van der Waals surface area contributed by atoms with Crippen molar-refractivity contribution in [3.8, 4) is 11.1 Å². The highest BCUT2D eigenvalue weighted by atomic mass is 35.5. The fourth-order valence-electron chi connectivity index (χ4n) is 3.23. The van der Waals surface area contributed by atoms with Crippen molar-refractivity contribution in [2.75, 3.05) is 10.5 Å². The molecule has 4 aromatic rings. The molecular weight excluding hydrogens is 467 g/mol. The standard InChI is InChI=1S/C20H15ClF3N5O2S/c1-11-8-13(3-4-14(11)15-10-26-18-6-7-27-29(18)19(15)25)28-32(30,31)17-5-2-12(9-16(17)21)20(22,23)24/h2-10,28H,25H2,1H3. The SMILES string of the molecule is Cc1cc(NS(=O)(=O)c2ccc(C(F)(F)F)cc2Cl)ccc1-c1cnc2ccnn2c1N. The topological polar surface area (TPSA) is 102 Å². The van der Waals surface area contributed by atoms with Crippen LogP contribution < -0.4 is 10.5 Å². The number of hydrogen-bond acceptors (Lipinski definition) is 5. The average Bonchev–Trinajstić information content (AvgIpc) is 3.17. The van der Waals surface area contributed by atoms with Gasteiger partial charge in [0.05, 0.1) is 16.8 Å². The van der Waals surface area contributed by atoms with Crippen molar-refractivity contribution in [1.82, 2.24) is 14.6 Å². The quantitative estimate of drug-likeness (QED) is 0.437. The highest BCUT2D eigenvalue weighted by molar-refractivity contribution is 7.92. The highest BCUT2D eigenvalue weighted by Gasteiger charge is 2.32. The molecule has 7 nitrogen and oxygen atoms in total. The van der Waals surface area contributed by atoms with Crippen LogP contribution in [0.25, 0.3) is 16.8 Å². The number of halogens is 4. The van der Waals surface area contributed by atoms with Crippen molar-refractivity contribution in [1.29, 1.82) is 0 Å². The molecule has 32 heavy (non-hydrogen) atoms. The second-order valence-electron chi connectivity index (χ2n) is 6.94. The van der Waals surface area contributed by atoms with Crippen molar-refractivity contribution >= 4 is 38.8 Å². The minimum atomic E-state index is -4.64. The van der Waals surface area contributed by atoms with E-state index in [0.717, 1.165) is 6.07 Å². The number of aryl methyl sites for hydroxylation is 1. The maximum absolute atomic E-state index is 12.8. The lowest BCUT2D eigenvalue weighted by molar-refractivity contribution is -0.137. The van der Waals surface area contributed by atoms with Gasteiger partial charge in [-0.1, -0.05) is 17.7 Å². The second-order valence-corrected chi connectivity index (χ2v) is 8.99. The van der Waals surface area contributed by atoms with Crippen LogP contribution in [-0.4, -0.2) is 23.0 Å². The molecule has 166 valence electrons. The van der Waals surface area contributed by atoms with Crippen LogP contribution in [0, 0.1) is 6.92 Å². The summed E-state index contributed by atoms with van der Waals surface area (Å²) < 4.78 is 67.7. The molecule has 0 aliphatic carbocycles. The number of aromatic nitrogens is 3. The zero-order chi connectivity index (χ0) is 23.3. The van der Waals surface area contributed by atoms with Crippen LogP contribution in [0.5, 0.6) is 0 Å². The Bertz CT molecular complexity index is 1450. The summed E-state index contributed by atoms with van der Waals surface area (Å²) in [5.74, 6) is 0.368. The summed E-state index contributed by atoms with van der Waals surface area (Å²) in [4.78, 5) is 3.82. The highest BCUT2D eigenvalue weighted by Crippen LogP contribution is 2.35. The Kier molecular flexibility index (Phi) is 5.25. The maximum Gasteiger partial charge on any atom is 0.416 e. The fraction of sp³-hybridized carbons (Fsp3) is 0.100. The van der Waals surface area contributed by atoms with E-state index in [9.17, 15) is 21.6 Å². The molecule has 4 rings (SSSR count). The van der Waals surface area contributed by atoms with Gasteiger partial charge in [0.15, 0.2) is 5.65 Å². The number of benzene rings is 2. The minimum Gasteiger partial charge on any atom is -0.383 e. The van der Waals surface area contributed by atoms with E-state index >= 15 is 0 Å². The van der Waals surface area contributed by atoms with Crippen LogP contribution >= 0.6 is 11.6 Å². The summed E-state index contributed by atoms with van der Waals surface area (Å²) in [5.41, 5.74) is 7.95. The third-order valence-corrected chi connectivity index (χ3v) is 6.63. The first-order valence-corrected chi connectivity index (χ1v) is 10.9. The molecule has 12 heteroatoms. The van der Waals surface area contributed by atoms with Gasteiger partial charge in [0.1, 0.15) is 10.7 Å². The summed E-state index contributed by atoms with van der Waals surface area (Å²) in [7, 11) is -4.23. The molecule has 0 aliphatic heterocycles. The zero-order valence-corrected chi connectivity index (χ0v) is 17.9. The molecule has 0 fully saturated rings. The van der Waals surface area contributed by atoms with Gasteiger partial charge >= 0.3 is 6.18 Å². The summed E-state index contributed by atoms with van der Waals surface area (Å²) >= 11 is 5.83. The third kappa shape index (κ3) is 3.96. The lowest BCUT2D eigenvalue weighted by Gasteiger charge is -2.14. The molecule has 0 unspecified atom stereocenters. The molecule has 3 N–H and O–H groups in total. The molecule has 0 aliphatic rings. The number of nitrogens with one attached hydrogen (secondary N) is 1. The van der Waals surface area contributed by atoms with E-state index in [1.54, 1.807) is 37.5 Å². The summed E-state index contributed by atoms with van der Waals surface area (Å²) in [6, 6.07) is 8.49. The number of hydrogen-bond donors (Lipinski definition) is 2. The molecule has 0 bridgehead atoms. The Morgan fingerprint density at radius 1 is 1.09 bits per heavy atom. The molecule has 2 aromatic heterocycles. The Hall–Kier alpha value is -3.31. The molecule has 0 amide bonds. The van der Waals surface area contributed by atoms with Gasteiger partial charge in [-0.2, -0.15) is 22.8 Å². The lowest BCUT2D eigenvalue weighted by atomic mass is 10.0. The molecule has 0 spiro atoms. The third-order valence-electron chi connectivity index (χ3n) is 4.77. The van der Waals surface area contributed by atoms with E-state index < -0.39 is 31.7 Å². The average molecular weight is 482 g/mol. The Morgan fingerprint density at radius 2 is 1.84 bits per heavy atom. The molecular formula is C20H15ClF3N5O2S. The molecule has 0 radical (unpaired) electrons. The minimum absolute atomic E-state index is 0.203. The number of nitrogens with zero attached hydrogens (tertiary/aromatic N) is 3. The lowest BCUT2D eigenvalue weighted by Crippen LogP contribution is -2.14. The number of sulfonamides is 1. The van der Waals surface area contributed by atoms with Gasteiger partial charge in [0.25, 0.3) is 10.0 Å². The van der Waals surface area contributed by atoms with E-state index in [1.165, 1.54) is 10.6 Å². The van der Waals surface area contributed by atoms with Gasteiger partial charge in [-0.15, -0.1) is 0 Å². The van der Waals surface area contributed by atoms with Crippen LogP contribution in [-0.2, 0) is 16.2 Å². The molecule has 0 atom stereocenters. The summed E-state index contributed by atoms with van der Waals surface area (Å²) in [5, 5.41) is 3.58. The van der Waals surface area contributed by atoms with Crippen molar-refractivity contribution in [3.05, 3.63) is 71.0 Å². The Morgan fingerprint density at radius 3 is 2.50 bits per heavy atom. The van der Waals surface area contributed by atoms with E-state index in [4.69, 9.17) is 17.3 Å². The van der Waals surface area contributed by atoms with Crippen molar-refractivity contribution in [3.63, 3.8) is 0 Å². The van der Waals surface area contributed by atoms with Crippen LogP contribution in [0.3, 0.4) is 0 Å². The molecule has 0 saturated heterocycles. The van der Waals surface area contributed by atoms with Crippen LogP contribution in [0.4, 0.5) is 24.7 Å². The van der Waals surface area contributed by atoms with Crippen molar-refractivity contribution < 1.29 is 21.6 Å². The van der Waals surface area contributed by atoms with Crippen molar-refractivity contribution in [2.24, 2.45) is 0 Å². The van der Waals surface area contributed by atoms with Crippen LogP contribution in [0.2, 0.25) is 5.02 Å². The number of fused-ring (bicyclic) bond motifs is 1.